The predicted molar refractivity (Wildman–Crippen MR) is 116 cm³/mol. The first-order chi connectivity index (χ1) is 15.2. The number of hydrogen-bond donors (Lipinski definition) is 1. The van der Waals surface area contributed by atoms with Crippen molar-refractivity contribution in [3.63, 3.8) is 0 Å². The Hall–Kier alpha value is -4.13. The summed E-state index contributed by atoms with van der Waals surface area (Å²) in [5, 5.41) is 7.35. The lowest BCUT2D eigenvalue weighted by Crippen LogP contribution is -2.24. The van der Waals surface area contributed by atoms with Gasteiger partial charge in [0.15, 0.2) is 11.5 Å². The van der Waals surface area contributed by atoms with Crippen molar-refractivity contribution in [2.24, 2.45) is 5.10 Å². The fourth-order valence-corrected chi connectivity index (χ4v) is 2.97. The van der Waals surface area contributed by atoms with E-state index in [-0.39, 0.29) is 12.5 Å². The number of carbonyl (C=O) groups is 2. The average molecular weight is 415 g/mol. The minimum atomic E-state index is -0.537. The lowest BCUT2D eigenvalue weighted by atomic mass is 10.2. The van der Waals surface area contributed by atoms with Crippen molar-refractivity contribution < 1.29 is 19.1 Å². The van der Waals surface area contributed by atoms with Crippen molar-refractivity contribution in [1.29, 1.82) is 0 Å². The monoisotopic (exact) mass is 415 g/mol. The van der Waals surface area contributed by atoms with E-state index in [1.807, 2.05) is 66.7 Å². The molecule has 1 fully saturated rings. The summed E-state index contributed by atoms with van der Waals surface area (Å²) in [4.78, 5) is 22.9. The second-order valence-corrected chi connectivity index (χ2v) is 6.91. The zero-order valence-electron chi connectivity index (χ0n) is 16.7. The standard InChI is InChI=1S/C24H21N3O4/c28-23-15-27(24(29)26-23)25-14-20-11-12-21(30-16-18-7-3-1-4-8-18)22(13-20)31-17-19-9-5-2-6-10-19/h1-14H,15-17H2,(H,26,28,29)/b25-14+. The fraction of sp³-hybridized carbons (Fsp3) is 0.125. The lowest BCUT2D eigenvalue weighted by molar-refractivity contribution is -0.118. The molecule has 0 radical (unpaired) electrons. The molecule has 3 aromatic carbocycles. The molecular formula is C24H21N3O4. The summed E-state index contributed by atoms with van der Waals surface area (Å²) in [6.45, 7) is 0.698. The highest BCUT2D eigenvalue weighted by atomic mass is 16.5. The highest BCUT2D eigenvalue weighted by molar-refractivity contribution is 6.02. The third kappa shape index (κ3) is 5.48. The van der Waals surface area contributed by atoms with E-state index in [2.05, 4.69) is 10.4 Å². The summed E-state index contributed by atoms with van der Waals surface area (Å²) in [5.74, 6) is 0.787. The Morgan fingerprint density at radius 3 is 2.03 bits per heavy atom. The van der Waals surface area contributed by atoms with Crippen molar-refractivity contribution in [2.45, 2.75) is 13.2 Å². The molecule has 31 heavy (non-hydrogen) atoms. The molecule has 1 aliphatic rings. The number of amides is 3. The highest BCUT2D eigenvalue weighted by Crippen LogP contribution is 2.30. The molecule has 1 aliphatic heterocycles. The van der Waals surface area contributed by atoms with E-state index < -0.39 is 6.03 Å². The van der Waals surface area contributed by atoms with Crippen LogP contribution < -0.4 is 14.8 Å². The van der Waals surface area contributed by atoms with Crippen LogP contribution in [0.15, 0.2) is 84.0 Å². The Morgan fingerprint density at radius 2 is 1.45 bits per heavy atom. The Balaban J connectivity index is 1.51. The summed E-state index contributed by atoms with van der Waals surface area (Å²) in [5.41, 5.74) is 2.79. The van der Waals surface area contributed by atoms with Crippen LogP contribution in [-0.4, -0.2) is 29.7 Å². The van der Waals surface area contributed by atoms with Crippen molar-refractivity contribution in [3.05, 3.63) is 95.6 Å². The van der Waals surface area contributed by atoms with Gasteiger partial charge >= 0.3 is 6.03 Å². The SMILES string of the molecule is O=C1CN(/N=C/c2ccc(OCc3ccccc3)c(OCc3ccccc3)c2)C(=O)N1. The van der Waals surface area contributed by atoms with Gasteiger partial charge in [0.05, 0.1) is 6.21 Å². The van der Waals surface area contributed by atoms with Crippen LogP contribution in [0.3, 0.4) is 0 Å². The topological polar surface area (TPSA) is 80.2 Å². The number of hydrogen-bond acceptors (Lipinski definition) is 5. The van der Waals surface area contributed by atoms with Crippen molar-refractivity contribution in [2.75, 3.05) is 6.54 Å². The van der Waals surface area contributed by atoms with Gasteiger partial charge in [-0.1, -0.05) is 60.7 Å². The Labute approximate surface area is 179 Å². The first-order valence-corrected chi connectivity index (χ1v) is 9.80. The van der Waals surface area contributed by atoms with Gasteiger partial charge in [-0.25, -0.2) is 9.80 Å². The van der Waals surface area contributed by atoms with Gasteiger partial charge in [0.2, 0.25) is 5.91 Å². The molecule has 0 saturated carbocycles. The zero-order valence-corrected chi connectivity index (χ0v) is 16.7. The Bertz CT molecular complexity index is 1080. The van der Waals surface area contributed by atoms with E-state index in [9.17, 15) is 9.59 Å². The molecule has 7 nitrogen and oxygen atoms in total. The summed E-state index contributed by atoms with van der Waals surface area (Å²) in [6.07, 6.45) is 1.51. The maximum Gasteiger partial charge on any atom is 0.344 e. The number of carbonyl (C=O) groups excluding carboxylic acids is 2. The van der Waals surface area contributed by atoms with Gasteiger partial charge in [0, 0.05) is 0 Å². The predicted octanol–water partition coefficient (Wildman–Crippen LogP) is 3.73. The number of hydrazone groups is 1. The maximum absolute atomic E-state index is 11.6. The van der Waals surface area contributed by atoms with Crippen LogP contribution in [0.5, 0.6) is 11.5 Å². The molecule has 4 rings (SSSR count). The van der Waals surface area contributed by atoms with Gasteiger partial charge < -0.3 is 9.47 Å². The molecule has 0 bridgehead atoms. The minimum absolute atomic E-state index is 0.0923. The van der Waals surface area contributed by atoms with Crippen LogP contribution >= 0.6 is 0 Å². The number of nitrogens with zero attached hydrogens (tertiary/aromatic N) is 2. The van der Waals surface area contributed by atoms with E-state index in [1.54, 1.807) is 12.1 Å². The minimum Gasteiger partial charge on any atom is -0.485 e. The fourth-order valence-electron chi connectivity index (χ4n) is 2.97. The molecule has 0 aromatic heterocycles. The molecule has 1 N–H and O–H groups in total. The number of nitrogens with one attached hydrogen (secondary N) is 1. The van der Waals surface area contributed by atoms with Gasteiger partial charge in [-0.15, -0.1) is 0 Å². The Kier molecular flexibility index (Phi) is 6.23. The second-order valence-electron chi connectivity index (χ2n) is 6.91. The molecule has 7 heteroatoms. The average Bonchev–Trinajstić information content (AvgIpc) is 3.13. The van der Waals surface area contributed by atoms with Crippen LogP contribution in [0.1, 0.15) is 16.7 Å². The molecule has 0 unspecified atom stereocenters. The number of urea groups is 1. The molecule has 156 valence electrons. The van der Waals surface area contributed by atoms with Gasteiger partial charge in [0.25, 0.3) is 0 Å². The molecule has 0 atom stereocenters. The van der Waals surface area contributed by atoms with Crippen LogP contribution in [-0.2, 0) is 18.0 Å². The van der Waals surface area contributed by atoms with Crippen LogP contribution in [0.25, 0.3) is 0 Å². The third-order valence-corrected chi connectivity index (χ3v) is 4.56. The number of imide groups is 1. The summed E-state index contributed by atoms with van der Waals surface area (Å²) in [7, 11) is 0. The highest BCUT2D eigenvalue weighted by Gasteiger charge is 2.25. The van der Waals surface area contributed by atoms with E-state index in [4.69, 9.17) is 9.47 Å². The number of rotatable bonds is 8. The van der Waals surface area contributed by atoms with E-state index in [0.29, 0.717) is 30.3 Å². The van der Waals surface area contributed by atoms with Gasteiger partial charge in [-0.3, -0.25) is 10.1 Å². The van der Waals surface area contributed by atoms with Gasteiger partial charge in [0.1, 0.15) is 19.8 Å². The summed E-state index contributed by atoms with van der Waals surface area (Å²) < 4.78 is 12.0. The quantitative estimate of drug-likeness (QED) is 0.449. The summed E-state index contributed by atoms with van der Waals surface area (Å²) in [6, 6.07) is 24.6. The van der Waals surface area contributed by atoms with Gasteiger partial charge in [-0.05, 0) is 34.9 Å². The van der Waals surface area contributed by atoms with Crippen LogP contribution in [0, 0.1) is 0 Å². The molecule has 1 heterocycles. The third-order valence-electron chi connectivity index (χ3n) is 4.56. The van der Waals surface area contributed by atoms with E-state index >= 15 is 0 Å². The van der Waals surface area contributed by atoms with Crippen molar-refractivity contribution in [3.8, 4) is 11.5 Å². The molecule has 0 aliphatic carbocycles. The van der Waals surface area contributed by atoms with Crippen molar-refractivity contribution >= 4 is 18.2 Å². The van der Waals surface area contributed by atoms with Gasteiger partial charge in [-0.2, -0.15) is 5.10 Å². The molecule has 3 amide bonds. The summed E-state index contributed by atoms with van der Waals surface area (Å²) >= 11 is 0. The first kappa shape index (κ1) is 20.2. The molecular weight excluding hydrogens is 394 g/mol. The number of benzene rings is 3. The molecule has 3 aromatic rings. The van der Waals surface area contributed by atoms with Crippen LogP contribution in [0.4, 0.5) is 4.79 Å². The number of ether oxygens (including phenoxy) is 2. The normalized spacial score (nSPS) is 13.5. The largest absolute Gasteiger partial charge is 0.485 e. The first-order valence-electron chi connectivity index (χ1n) is 9.80. The van der Waals surface area contributed by atoms with E-state index in [1.165, 1.54) is 6.21 Å². The molecule has 1 saturated heterocycles. The van der Waals surface area contributed by atoms with E-state index in [0.717, 1.165) is 16.1 Å². The smallest absolute Gasteiger partial charge is 0.344 e. The lowest BCUT2D eigenvalue weighted by Gasteiger charge is -2.14. The van der Waals surface area contributed by atoms with Crippen molar-refractivity contribution in [1.82, 2.24) is 10.3 Å². The zero-order chi connectivity index (χ0) is 21.5. The van der Waals surface area contributed by atoms with Crippen LogP contribution in [0.2, 0.25) is 0 Å². The molecule has 0 spiro atoms. The second kappa shape index (κ2) is 9.58. The maximum atomic E-state index is 11.6. The Morgan fingerprint density at radius 1 is 0.839 bits per heavy atom.